The van der Waals surface area contributed by atoms with Crippen molar-refractivity contribution in [2.75, 3.05) is 31.1 Å². The van der Waals surface area contributed by atoms with Crippen LogP contribution in [0.3, 0.4) is 0 Å². The molecule has 4 rings (SSSR count). The van der Waals surface area contributed by atoms with Crippen molar-refractivity contribution < 1.29 is 0 Å². The molecule has 1 aromatic carbocycles. The van der Waals surface area contributed by atoms with Crippen LogP contribution >= 0.6 is 0 Å². The maximum atomic E-state index is 4.48. The Labute approximate surface area is 150 Å². The maximum Gasteiger partial charge on any atom is 0.0929 e. The van der Waals surface area contributed by atoms with Crippen LogP contribution in [0.2, 0.25) is 0 Å². The Morgan fingerprint density at radius 3 is 2.00 bits per heavy atom. The van der Waals surface area contributed by atoms with E-state index in [1.807, 2.05) is 0 Å². The third-order valence-corrected chi connectivity index (χ3v) is 5.44. The largest absolute Gasteiger partial charge is 0.372 e. The van der Waals surface area contributed by atoms with Crippen LogP contribution in [0, 0.1) is 0 Å². The molecule has 0 unspecified atom stereocenters. The smallest absolute Gasteiger partial charge is 0.0929 e. The Hall–Kier alpha value is -1.94. The SMILES string of the molecule is c1cc(N2CCCC2)ccc1-c1ccc(CN2CCCCCC2)nn1. The lowest BCUT2D eigenvalue weighted by molar-refractivity contribution is 0.273. The van der Waals surface area contributed by atoms with Crippen molar-refractivity contribution in [1.82, 2.24) is 15.1 Å². The number of nitrogens with zero attached hydrogens (tertiary/aromatic N) is 4. The topological polar surface area (TPSA) is 32.3 Å². The lowest BCUT2D eigenvalue weighted by atomic mass is 10.1. The lowest BCUT2D eigenvalue weighted by Crippen LogP contribution is -2.24. The predicted octanol–water partition coefficient (Wildman–Crippen LogP) is 4.12. The molecule has 0 radical (unpaired) electrons. The summed E-state index contributed by atoms with van der Waals surface area (Å²) in [5.74, 6) is 0. The van der Waals surface area contributed by atoms with Crippen molar-refractivity contribution >= 4 is 5.69 Å². The second-order valence-electron chi connectivity index (χ2n) is 7.34. The molecule has 2 aromatic rings. The van der Waals surface area contributed by atoms with E-state index in [4.69, 9.17) is 0 Å². The van der Waals surface area contributed by atoms with E-state index in [9.17, 15) is 0 Å². The minimum atomic E-state index is 0.932. The third-order valence-electron chi connectivity index (χ3n) is 5.44. The number of hydrogen-bond donors (Lipinski definition) is 0. The van der Waals surface area contributed by atoms with Crippen molar-refractivity contribution in [2.45, 2.75) is 45.1 Å². The fourth-order valence-electron chi connectivity index (χ4n) is 3.94. The Morgan fingerprint density at radius 1 is 0.680 bits per heavy atom. The van der Waals surface area contributed by atoms with Crippen LogP contribution in [0.1, 0.15) is 44.2 Å². The van der Waals surface area contributed by atoms with Crippen molar-refractivity contribution in [1.29, 1.82) is 0 Å². The van der Waals surface area contributed by atoms with Crippen LogP contribution in [0.4, 0.5) is 5.69 Å². The van der Waals surface area contributed by atoms with Gasteiger partial charge in [-0.25, -0.2) is 0 Å². The molecule has 132 valence electrons. The molecule has 0 saturated carbocycles. The number of benzene rings is 1. The van der Waals surface area contributed by atoms with Gasteiger partial charge in [0.1, 0.15) is 0 Å². The van der Waals surface area contributed by atoms with E-state index in [1.54, 1.807) is 0 Å². The zero-order valence-corrected chi connectivity index (χ0v) is 15.0. The van der Waals surface area contributed by atoms with E-state index in [0.717, 1.165) is 23.5 Å². The van der Waals surface area contributed by atoms with Gasteiger partial charge >= 0.3 is 0 Å². The summed E-state index contributed by atoms with van der Waals surface area (Å²) in [4.78, 5) is 4.97. The van der Waals surface area contributed by atoms with E-state index in [1.165, 1.54) is 70.4 Å². The van der Waals surface area contributed by atoms with Gasteiger partial charge in [-0.2, -0.15) is 10.2 Å². The number of rotatable bonds is 4. The predicted molar refractivity (Wildman–Crippen MR) is 103 cm³/mol. The summed E-state index contributed by atoms with van der Waals surface area (Å²) >= 11 is 0. The van der Waals surface area contributed by atoms with E-state index >= 15 is 0 Å². The van der Waals surface area contributed by atoms with Crippen LogP contribution in [-0.4, -0.2) is 41.3 Å². The highest BCUT2D eigenvalue weighted by atomic mass is 15.2. The second kappa shape index (κ2) is 7.96. The normalized spacial score (nSPS) is 19.1. The Kier molecular flexibility index (Phi) is 5.26. The molecule has 0 aliphatic carbocycles. The summed E-state index contributed by atoms with van der Waals surface area (Å²) < 4.78 is 0. The standard InChI is InChI=1S/C21H28N4/c1-2-4-14-24(13-3-1)17-19-9-12-21(23-22-19)18-7-10-20(11-8-18)25-15-5-6-16-25/h7-12H,1-6,13-17H2. The molecule has 0 spiro atoms. The molecule has 25 heavy (non-hydrogen) atoms. The molecule has 0 bridgehead atoms. The Balaban J connectivity index is 1.40. The van der Waals surface area contributed by atoms with Gasteiger partial charge in [0.15, 0.2) is 0 Å². The second-order valence-corrected chi connectivity index (χ2v) is 7.34. The van der Waals surface area contributed by atoms with Crippen molar-refractivity contribution in [2.24, 2.45) is 0 Å². The van der Waals surface area contributed by atoms with E-state index in [-0.39, 0.29) is 0 Å². The average molecular weight is 336 g/mol. The van der Waals surface area contributed by atoms with Crippen LogP contribution < -0.4 is 4.90 Å². The monoisotopic (exact) mass is 336 g/mol. The molecule has 2 aliphatic rings. The lowest BCUT2D eigenvalue weighted by Gasteiger charge is -2.19. The molecule has 2 saturated heterocycles. The fraction of sp³-hybridized carbons (Fsp3) is 0.524. The van der Waals surface area contributed by atoms with E-state index < -0.39 is 0 Å². The molecule has 0 N–H and O–H groups in total. The number of likely N-dealkylation sites (tertiary alicyclic amines) is 1. The van der Waals surface area contributed by atoms with Gasteiger partial charge in [-0.15, -0.1) is 0 Å². The van der Waals surface area contributed by atoms with Gasteiger partial charge in [0, 0.05) is 30.9 Å². The van der Waals surface area contributed by atoms with Crippen LogP contribution in [0.25, 0.3) is 11.3 Å². The van der Waals surface area contributed by atoms with Crippen LogP contribution in [0.5, 0.6) is 0 Å². The molecule has 0 amide bonds. The molecular weight excluding hydrogens is 308 g/mol. The molecule has 4 heteroatoms. The molecule has 2 aliphatic heterocycles. The van der Waals surface area contributed by atoms with Gasteiger partial charge in [0.2, 0.25) is 0 Å². The summed E-state index contributed by atoms with van der Waals surface area (Å²) in [5.41, 5.74) is 4.52. The average Bonchev–Trinajstić information content (AvgIpc) is 3.08. The van der Waals surface area contributed by atoms with E-state index in [2.05, 4.69) is 56.4 Å². The summed E-state index contributed by atoms with van der Waals surface area (Å²) in [5, 5.41) is 8.95. The molecule has 3 heterocycles. The van der Waals surface area contributed by atoms with Gasteiger partial charge < -0.3 is 4.90 Å². The molecule has 1 aromatic heterocycles. The van der Waals surface area contributed by atoms with Crippen molar-refractivity contribution in [3.05, 3.63) is 42.1 Å². The van der Waals surface area contributed by atoms with Gasteiger partial charge in [-0.1, -0.05) is 25.0 Å². The van der Waals surface area contributed by atoms with Crippen molar-refractivity contribution in [3.63, 3.8) is 0 Å². The molecule has 0 atom stereocenters. The molecule has 4 nitrogen and oxygen atoms in total. The Morgan fingerprint density at radius 2 is 1.36 bits per heavy atom. The highest BCUT2D eigenvalue weighted by Crippen LogP contribution is 2.24. The summed E-state index contributed by atoms with van der Waals surface area (Å²) in [7, 11) is 0. The minimum Gasteiger partial charge on any atom is -0.372 e. The van der Waals surface area contributed by atoms with Gasteiger partial charge in [-0.05, 0) is 63.0 Å². The summed E-state index contributed by atoms with van der Waals surface area (Å²) in [6, 6.07) is 13.0. The van der Waals surface area contributed by atoms with Gasteiger partial charge in [0.25, 0.3) is 0 Å². The molecular formula is C21H28N4. The first-order valence-electron chi connectivity index (χ1n) is 9.79. The quantitative estimate of drug-likeness (QED) is 0.841. The van der Waals surface area contributed by atoms with Crippen LogP contribution in [-0.2, 0) is 6.54 Å². The van der Waals surface area contributed by atoms with E-state index in [0.29, 0.717) is 0 Å². The zero-order chi connectivity index (χ0) is 16.9. The number of hydrogen-bond acceptors (Lipinski definition) is 4. The highest BCUT2D eigenvalue weighted by molar-refractivity contribution is 5.63. The number of aromatic nitrogens is 2. The summed E-state index contributed by atoms with van der Waals surface area (Å²) in [6.07, 6.45) is 7.99. The van der Waals surface area contributed by atoms with Gasteiger partial charge in [0.05, 0.1) is 11.4 Å². The first-order valence-corrected chi connectivity index (χ1v) is 9.79. The summed E-state index contributed by atoms with van der Waals surface area (Å²) in [6.45, 7) is 5.69. The van der Waals surface area contributed by atoms with Crippen LogP contribution in [0.15, 0.2) is 36.4 Å². The Bertz CT molecular complexity index is 651. The van der Waals surface area contributed by atoms with Gasteiger partial charge in [-0.3, -0.25) is 4.90 Å². The first-order chi connectivity index (χ1) is 12.4. The molecule has 2 fully saturated rings. The number of anilines is 1. The first kappa shape index (κ1) is 16.5. The minimum absolute atomic E-state index is 0.932. The maximum absolute atomic E-state index is 4.48. The third kappa shape index (κ3) is 4.18. The van der Waals surface area contributed by atoms with Crippen molar-refractivity contribution in [3.8, 4) is 11.3 Å². The zero-order valence-electron chi connectivity index (χ0n) is 15.0. The highest BCUT2D eigenvalue weighted by Gasteiger charge is 2.13. The fourth-order valence-corrected chi connectivity index (χ4v) is 3.94.